The van der Waals surface area contributed by atoms with Crippen LogP contribution in [0.1, 0.15) is 38.2 Å². The van der Waals surface area contributed by atoms with E-state index >= 15 is 0 Å². The number of nitrogens with one attached hydrogen (secondary N) is 2. The van der Waals surface area contributed by atoms with Crippen molar-refractivity contribution >= 4 is 17.5 Å². The second kappa shape index (κ2) is 9.80. The number of anilines is 2. The van der Waals surface area contributed by atoms with Crippen molar-refractivity contribution in [1.82, 2.24) is 10.3 Å². The third kappa shape index (κ3) is 5.88. The number of amides is 2. The molecule has 1 saturated heterocycles. The number of carbonyl (C=O) groups is 1. The maximum Gasteiger partial charge on any atom is 0.319 e. The van der Waals surface area contributed by atoms with Crippen LogP contribution in [0.2, 0.25) is 0 Å². The summed E-state index contributed by atoms with van der Waals surface area (Å²) in [5.74, 6) is 1.77. The minimum Gasteiger partial charge on any atom is -0.494 e. The molecule has 2 amide bonds. The standard InChI is InChI=1S/C21H28N4O2/c1-2-27-19-9-7-8-18(14-19)24-21(26)23-16-17-10-11-20(22-15-17)25-12-5-3-4-6-13-25/h7-11,14-15H,2-6,12-13,16H2,1H3,(H2,23,24,26). The molecule has 0 saturated carbocycles. The normalized spacial score (nSPS) is 14.3. The molecule has 0 atom stereocenters. The second-order valence-electron chi connectivity index (χ2n) is 6.69. The molecule has 2 heterocycles. The lowest BCUT2D eigenvalue weighted by atomic mass is 10.2. The Morgan fingerprint density at radius 3 is 2.67 bits per heavy atom. The van der Waals surface area contributed by atoms with Crippen LogP contribution in [-0.2, 0) is 6.54 Å². The molecule has 0 spiro atoms. The molecule has 0 unspecified atom stereocenters. The average molecular weight is 368 g/mol. The quantitative estimate of drug-likeness (QED) is 0.803. The lowest BCUT2D eigenvalue weighted by Crippen LogP contribution is -2.28. The number of rotatable bonds is 6. The van der Waals surface area contributed by atoms with Crippen molar-refractivity contribution < 1.29 is 9.53 Å². The van der Waals surface area contributed by atoms with E-state index < -0.39 is 0 Å². The molecule has 0 aliphatic carbocycles. The Hall–Kier alpha value is -2.76. The molecule has 1 aliphatic heterocycles. The van der Waals surface area contributed by atoms with Crippen molar-refractivity contribution in [2.24, 2.45) is 0 Å². The number of pyridine rings is 1. The van der Waals surface area contributed by atoms with Gasteiger partial charge < -0.3 is 20.3 Å². The Balaban J connectivity index is 1.49. The van der Waals surface area contributed by atoms with Crippen LogP contribution < -0.4 is 20.3 Å². The third-order valence-corrected chi connectivity index (χ3v) is 4.60. The highest BCUT2D eigenvalue weighted by Gasteiger charge is 2.11. The van der Waals surface area contributed by atoms with E-state index in [9.17, 15) is 4.79 Å². The minimum atomic E-state index is -0.250. The van der Waals surface area contributed by atoms with Gasteiger partial charge in [0.05, 0.1) is 6.61 Å². The van der Waals surface area contributed by atoms with Gasteiger partial charge in [0, 0.05) is 37.6 Å². The fourth-order valence-corrected chi connectivity index (χ4v) is 3.20. The molecule has 6 nitrogen and oxygen atoms in total. The lowest BCUT2D eigenvalue weighted by Gasteiger charge is -2.21. The van der Waals surface area contributed by atoms with Crippen LogP contribution in [0.3, 0.4) is 0 Å². The number of aromatic nitrogens is 1. The summed E-state index contributed by atoms with van der Waals surface area (Å²) in [4.78, 5) is 19.0. The summed E-state index contributed by atoms with van der Waals surface area (Å²) >= 11 is 0. The topological polar surface area (TPSA) is 66.5 Å². The van der Waals surface area contributed by atoms with Gasteiger partial charge in [0.15, 0.2) is 0 Å². The molecular weight excluding hydrogens is 340 g/mol. The predicted molar refractivity (Wildman–Crippen MR) is 108 cm³/mol. The molecule has 144 valence electrons. The van der Waals surface area contributed by atoms with Gasteiger partial charge in [-0.15, -0.1) is 0 Å². The van der Waals surface area contributed by atoms with E-state index in [1.807, 2.05) is 43.5 Å². The molecule has 3 rings (SSSR count). The Morgan fingerprint density at radius 1 is 1.15 bits per heavy atom. The summed E-state index contributed by atoms with van der Waals surface area (Å²) in [5, 5.41) is 5.69. The number of ether oxygens (including phenoxy) is 1. The predicted octanol–water partition coefficient (Wildman–Crippen LogP) is 4.18. The summed E-state index contributed by atoms with van der Waals surface area (Å²) < 4.78 is 5.44. The van der Waals surface area contributed by atoms with Gasteiger partial charge in [0.1, 0.15) is 11.6 Å². The molecule has 1 fully saturated rings. The average Bonchev–Trinajstić information content (AvgIpc) is 2.97. The number of hydrogen-bond donors (Lipinski definition) is 2. The maximum absolute atomic E-state index is 12.1. The molecule has 6 heteroatoms. The SMILES string of the molecule is CCOc1cccc(NC(=O)NCc2ccc(N3CCCCCC3)nc2)c1. The fraction of sp³-hybridized carbons (Fsp3) is 0.429. The smallest absolute Gasteiger partial charge is 0.319 e. The zero-order valence-corrected chi connectivity index (χ0v) is 15.9. The Morgan fingerprint density at radius 2 is 1.96 bits per heavy atom. The molecule has 1 aromatic carbocycles. The first-order valence-electron chi connectivity index (χ1n) is 9.72. The largest absolute Gasteiger partial charge is 0.494 e. The van der Waals surface area contributed by atoms with E-state index in [2.05, 4.69) is 20.5 Å². The Bertz CT molecular complexity index is 725. The molecule has 1 aromatic heterocycles. The van der Waals surface area contributed by atoms with Gasteiger partial charge in [0.25, 0.3) is 0 Å². The zero-order valence-electron chi connectivity index (χ0n) is 15.9. The van der Waals surface area contributed by atoms with Gasteiger partial charge >= 0.3 is 6.03 Å². The van der Waals surface area contributed by atoms with Crippen molar-refractivity contribution in [3.63, 3.8) is 0 Å². The summed E-state index contributed by atoms with van der Waals surface area (Å²) in [6.07, 6.45) is 6.92. The van der Waals surface area contributed by atoms with Crippen molar-refractivity contribution in [3.8, 4) is 5.75 Å². The summed E-state index contributed by atoms with van der Waals surface area (Å²) in [6.45, 7) is 5.11. The number of carbonyl (C=O) groups excluding carboxylic acids is 1. The van der Waals surface area contributed by atoms with E-state index in [0.717, 1.165) is 30.2 Å². The van der Waals surface area contributed by atoms with Crippen LogP contribution in [0.15, 0.2) is 42.6 Å². The first-order chi connectivity index (χ1) is 13.2. The molecule has 27 heavy (non-hydrogen) atoms. The highest BCUT2D eigenvalue weighted by atomic mass is 16.5. The van der Waals surface area contributed by atoms with Gasteiger partial charge in [-0.05, 0) is 43.5 Å². The molecule has 1 aliphatic rings. The van der Waals surface area contributed by atoms with Crippen LogP contribution in [0.4, 0.5) is 16.3 Å². The van der Waals surface area contributed by atoms with Crippen LogP contribution in [0.25, 0.3) is 0 Å². The first kappa shape index (κ1) is 19.0. The first-order valence-corrected chi connectivity index (χ1v) is 9.72. The summed E-state index contributed by atoms with van der Waals surface area (Å²) in [5.41, 5.74) is 1.68. The van der Waals surface area contributed by atoms with Crippen LogP contribution >= 0.6 is 0 Å². The number of hydrogen-bond acceptors (Lipinski definition) is 4. The van der Waals surface area contributed by atoms with Gasteiger partial charge in [-0.3, -0.25) is 0 Å². The molecule has 2 N–H and O–H groups in total. The van der Waals surface area contributed by atoms with E-state index in [-0.39, 0.29) is 6.03 Å². The van der Waals surface area contributed by atoms with Crippen molar-refractivity contribution in [1.29, 1.82) is 0 Å². The number of urea groups is 1. The van der Waals surface area contributed by atoms with E-state index in [1.165, 1.54) is 25.7 Å². The zero-order chi connectivity index (χ0) is 18.9. The minimum absolute atomic E-state index is 0.250. The molecule has 0 radical (unpaired) electrons. The van der Waals surface area contributed by atoms with E-state index in [0.29, 0.717) is 18.8 Å². The molecule has 0 bridgehead atoms. The van der Waals surface area contributed by atoms with Crippen molar-refractivity contribution in [2.45, 2.75) is 39.2 Å². The van der Waals surface area contributed by atoms with Crippen LogP contribution in [0.5, 0.6) is 5.75 Å². The van der Waals surface area contributed by atoms with Gasteiger partial charge in [0.2, 0.25) is 0 Å². The Kier molecular flexibility index (Phi) is 6.90. The summed E-state index contributed by atoms with van der Waals surface area (Å²) in [7, 11) is 0. The highest BCUT2D eigenvalue weighted by Crippen LogP contribution is 2.18. The third-order valence-electron chi connectivity index (χ3n) is 4.60. The highest BCUT2D eigenvalue weighted by molar-refractivity contribution is 5.89. The maximum atomic E-state index is 12.1. The van der Waals surface area contributed by atoms with Gasteiger partial charge in [-0.25, -0.2) is 9.78 Å². The van der Waals surface area contributed by atoms with Crippen molar-refractivity contribution in [3.05, 3.63) is 48.2 Å². The van der Waals surface area contributed by atoms with Crippen LogP contribution in [-0.4, -0.2) is 30.7 Å². The van der Waals surface area contributed by atoms with Gasteiger partial charge in [-0.2, -0.15) is 0 Å². The van der Waals surface area contributed by atoms with E-state index in [1.54, 1.807) is 6.07 Å². The van der Waals surface area contributed by atoms with Crippen LogP contribution in [0, 0.1) is 0 Å². The fourth-order valence-electron chi connectivity index (χ4n) is 3.20. The Labute approximate surface area is 160 Å². The van der Waals surface area contributed by atoms with Crippen molar-refractivity contribution in [2.75, 3.05) is 29.9 Å². The molecule has 2 aromatic rings. The van der Waals surface area contributed by atoms with E-state index in [4.69, 9.17) is 4.74 Å². The second-order valence-corrected chi connectivity index (χ2v) is 6.69. The number of benzene rings is 1. The number of nitrogens with zero attached hydrogens (tertiary/aromatic N) is 2. The summed E-state index contributed by atoms with van der Waals surface area (Å²) in [6, 6.07) is 11.2. The molecular formula is C21H28N4O2. The lowest BCUT2D eigenvalue weighted by molar-refractivity contribution is 0.251. The van der Waals surface area contributed by atoms with Gasteiger partial charge in [-0.1, -0.05) is 25.0 Å². The monoisotopic (exact) mass is 368 g/mol.